The molecule has 0 saturated heterocycles. The molecule has 57 heavy (non-hydrogen) atoms. The van der Waals surface area contributed by atoms with Crippen LogP contribution in [0.15, 0.2) is 194 Å². The first kappa shape index (κ1) is 34.1. The first-order chi connectivity index (χ1) is 28.1. The Morgan fingerprint density at radius 1 is 0.351 bits per heavy atom. The third-order valence-corrected chi connectivity index (χ3v) is 10.8. The van der Waals surface area contributed by atoms with E-state index in [4.69, 9.17) is 15.0 Å². The molecule has 0 unspecified atom stereocenters. The lowest BCUT2D eigenvalue weighted by Gasteiger charge is -2.13. The van der Waals surface area contributed by atoms with Gasteiger partial charge in [-0.15, -0.1) is 0 Å². The fourth-order valence-corrected chi connectivity index (χ4v) is 7.79. The van der Waals surface area contributed by atoms with Crippen molar-refractivity contribution in [2.24, 2.45) is 0 Å². The van der Waals surface area contributed by atoms with Crippen molar-refractivity contribution >= 4 is 11.3 Å². The van der Waals surface area contributed by atoms with E-state index in [0.717, 1.165) is 90.0 Å². The SMILES string of the molecule is CC(C)c1ccc(-c2cc(-c3ccc(-c4c(-c5ccccc5)nc5ccccn45)cc3)nc(-c3ccc(-c4c(-c5ccccc5)nc5ccccn45)cc3)c2)cc1. The molecule has 10 rings (SSSR count). The van der Waals surface area contributed by atoms with Crippen LogP contribution in [0, 0.1) is 0 Å². The largest absolute Gasteiger partial charge is 0.299 e. The summed E-state index contributed by atoms with van der Waals surface area (Å²) in [5.41, 5.74) is 17.8. The van der Waals surface area contributed by atoms with Crippen molar-refractivity contribution in [3.63, 3.8) is 0 Å². The standard InChI is InChI=1S/C52H39N5/c1-35(2)36-19-21-37(22-20-36)44-33-45(38-23-27-42(28-24-38)51-49(40-13-5-3-6-14-40)54-47-17-9-11-31-56(47)51)53-46(34-44)39-25-29-43(30-26-39)52-50(41-15-7-4-8-16-41)55-48-18-10-12-32-57(48)52/h3-35H,1-2H3. The van der Waals surface area contributed by atoms with Gasteiger partial charge in [0.1, 0.15) is 11.3 Å². The molecule has 0 bridgehead atoms. The van der Waals surface area contributed by atoms with Gasteiger partial charge in [-0.3, -0.25) is 8.80 Å². The van der Waals surface area contributed by atoms with Crippen molar-refractivity contribution < 1.29 is 0 Å². The van der Waals surface area contributed by atoms with Gasteiger partial charge in [-0.1, -0.05) is 159 Å². The van der Waals surface area contributed by atoms with Gasteiger partial charge in [-0.2, -0.15) is 0 Å². The third-order valence-electron chi connectivity index (χ3n) is 10.8. The second kappa shape index (κ2) is 14.4. The Labute approximate surface area is 332 Å². The highest BCUT2D eigenvalue weighted by Crippen LogP contribution is 2.37. The van der Waals surface area contributed by atoms with Crippen molar-refractivity contribution in [3.8, 4) is 78.7 Å². The summed E-state index contributed by atoms with van der Waals surface area (Å²) in [5, 5.41) is 0. The molecule has 272 valence electrons. The van der Waals surface area contributed by atoms with Gasteiger partial charge in [-0.25, -0.2) is 15.0 Å². The van der Waals surface area contributed by atoms with E-state index in [2.05, 4.69) is 193 Å². The molecule has 0 N–H and O–H groups in total. The van der Waals surface area contributed by atoms with Crippen LogP contribution in [-0.4, -0.2) is 23.8 Å². The highest BCUT2D eigenvalue weighted by molar-refractivity contribution is 5.85. The molecule has 0 atom stereocenters. The minimum atomic E-state index is 0.463. The Balaban J connectivity index is 1.07. The quantitative estimate of drug-likeness (QED) is 0.156. The summed E-state index contributed by atoms with van der Waals surface area (Å²) in [5.74, 6) is 0.463. The molecule has 5 aromatic heterocycles. The number of imidazole rings is 2. The van der Waals surface area contributed by atoms with Gasteiger partial charge in [0.25, 0.3) is 0 Å². The van der Waals surface area contributed by atoms with Crippen LogP contribution in [0.2, 0.25) is 0 Å². The molecule has 5 aromatic carbocycles. The molecule has 0 spiro atoms. The third kappa shape index (κ3) is 6.39. The Kier molecular flexibility index (Phi) is 8.61. The van der Waals surface area contributed by atoms with Gasteiger partial charge in [-0.05, 0) is 59.0 Å². The summed E-state index contributed by atoms with van der Waals surface area (Å²) in [6.07, 6.45) is 4.17. The zero-order valence-corrected chi connectivity index (χ0v) is 31.8. The van der Waals surface area contributed by atoms with Crippen molar-refractivity contribution in [2.75, 3.05) is 0 Å². The fourth-order valence-electron chi connectivity index (χ4n) is 7.79. The predicted octanol–water partition coefficient (Wildman–Crippen LogP) is 13.2. The van der Waals surface area contributed by atoms with Crippen LogP contribution < -0.4 is 0 Å². The second-order valence-corrected chi connectivity index (χ2v) is 14.8. The fraction of sp³-hybridized carbons (Fsp3) is 0.0577. The zero-order valence-electron chi connectivity index (χ0n) is 31.8. The maximum Gasteiger partial charge on any atom is 0.137 e. The maximum absolute atomic E-state index is 5.33. The van der Waals surface area contributed by atoms with Crippen LogP contribution in [0.4, 0.5) is 0 Å². The number of benzene rings is 5. The van der Waals surface area contributed by atoms with Crippen molar-refractivity contribution in [3.05, 3.63) is 200 Å². The van der Waals surface area contributed by atoms with Crippen LogP contribution in [-0.2, 0) is 0 Å². The van der Waals surface area contributed by atoms with E-state index in [0.29, 0.717) is 5.92 Å². The van der Waals surface area contributed by atoms with Gasteiger partial charge in [0, 0.05) is 45.8 Å². The van der Waals surface area contributed by atoms with Crippen molar-refractivity contribution in [1.82, 2.24) is 23.8 Å². The normalized spacial score (nSPS) is 11.5. The smallest absolute Gasteiger partial charge is 0.137 e. The number of nitrogens with zero attached hydrogens (tertiary/aromatic N) is 5. The first-order valence-electron chi connectivity index (χ1n) is 19.5. The highest BCUT2D eigenvalue weighted by atomic mass is 15.0. The number of aromatic nitrogens is 5. The molecule has 5 heteroatoms. The van der Waals surface area contributed by atoms with Gasteiger partial charge < -0.3 is 0 Å². The molecule has 0 fully saturated rings. The summed E-state index contributed by atoms with van der Waals surface area (Å²) >= 11 is 0. The highest BCUT2D eigenvalue weighted by Gasteiger charge is 2.18. The number of hydrogen-bond donors (Lipinski definition) is 0. The van der Waals surface area contributed by atoms with Crippen LogP contribution in [0.25, 0.3) is 90.0 Å². The maximum atomic E-state index is 5.33. The van der Waals surface area contributed by atoms with Crippen molar-refractivity contribution in [2.45, 2.75) is 19.8 Å². The zero-order chi connectivity index (χ0) is 38.3. The molecule has 0 aliphatic heterocycles. The minimum absolute atomic E-state index is 0.463. The monoisotopic (exact) mass is 733 g/mol. The predicted molar refractivity (Wildman–Crippen MR) is 234 cm³/mol. The second-order valence-electron chi connectivity index (χ2n) is 14.8. The van der Waals surface area contributed by atoms with E-state index < -0.39 is 0 Å². The lowest BCUT2D eigenvalue weighted by atomic mass is 9.96. The molecular weight excluding hydrogens is 695 g/mol. The molecule has 0 aliphatic rings. The molecular formula is C52H39N5. The molecule has 10 aromatic rings. The summed E-state index contributed by atoms with van der Waals surface area (Å²) in [4.78, 5) is 15.4. The van der Waals surface area contributed by atoms with E-state index in [-0.39, 0.29) is 0 Å². The van der Waals surface area contributed by atoms with Crippen LogP contribution >= 0.6 is 0 Å². The van der Waals surface area contributed by atoms with E-state index >= 15 is 0 Å². The molecule has 5 nitrogen and oxygen atoms in total. The topological polar surface area (TPSA) is 47.5 Å². The molecule has 5 heterocycles. The van der Waals surface area contributed by atoms with Gasteiger partial charge in [0.2, 0.25) is 0 Å². The summed E-state index contributed by atoms with van der Waals surface area (Å²) in [6.45, 7) is 4.46. The van der Waals surface area contributed by atoms with E-state index in [1.807, 2.05) is 24.3 Å². The average molecular weight is 734 g/mol. The Bertz CT molecular complexity index is 2820. The Morgan fingerprint density at radius 2 is 0.754 bits per heavy atom. The van der Waals surface area contributed by atoms with Gasteiger partial charge >= 0.3 is 0 Å². The average Bonchev–Trinajstić information content (AvgIpc) is 3.87. The van der Waals surface area contributed by atoms with Crippen LogP contribution in [0.5, 0.6) is 0 Å². The van der Waals surface area contributed by atoms with Crippen LogP contribution in [0.1, 0.15) is 25.3 Å². The molecule has 0 saturated carbocycles. The summed E-state index contributed by atoms with van der Waals surface area (Å²) in [6, 6.07) is 64.0. The van der Waals surface area contributed by atoms with Gasteiger partial charge in [0.05, 0.1) is 34.2 Å². The van der Waals surface area contributed by atoms with Crippen molar-refractivity contribution in [1.29, 1.82) is 0 Å². The summed E-state index contributed by atoms with van der Waals surface area (Å²) in [7, 11) is 0. The molecule has 0 radical (unpaired) electrons. The lowest BCUT2D eigenvalue weighted by Crippen LogP contribution is -1.94. The summed E-state index contributed by atoms with van der Waals surface area (Å²) < 4.78 is 4.35. The number of hydrogen-bond acceptors (Lipinski definition) is 3. The number of fused-ring (bicyclic) bond motifs is 2. The molecule has 0 aliphatic carbocycles. The lowest BCUT2D eigenvalue weighted by molar-refractivity contribution is 0.867. The van der Waals surface area contributed by atoms with E-state index in [1.54, 1.807) is 0 Å². The van der Waals surface area contributed by atoms with E-state index in [9.17, 15) is 0 Å². The van der Waals surface area contributed by atoms with Crippen LogP contribution in [0.3, 0.4) is 0 Å². The first-order valence-corrected chi connectivity index (χ1v) is 19.5. The van der Waals surface area contributed by atoms with Gasteiger partial charge in [0.15, 0.2) is 0 Å². The Morgan fingerprint density at radius 3 is 1.19 bits per heavy atom. The molecule has 0 amide bonds. The minimum Gasteiger partial charge on any atom is -0.299 e. The number of pyridine rings is 3. The number of rotatable bonds is 8. The Hall–Kier alpha value is -7.37. The van der Waals surface area contributed by atoms with E-state index in [1.165, 1.54) is 5.56 Å².